The summed E-state index contributed by atoms with van der Waals surface area (Å²) >= 11 is 0. The van der Waals surface area contributed by atoms with Crippen LogP contribution in [0.2, 0.25) is 0 Å². The lowest BCUT2D eigenvalue weighted by molar-refractivity contribution is 0.415. The van der Waals surface area contributed by atoms with E-state index >= 15 is 0 Å². The lowest BCUT2D eigenvalue weighted by Gasteiger charge is -2.06. The van der Waals surface area contributed by atoms with Gasteiger partial charge in [-0.1, -0.05) is 18.2 Å². The summed E-state index contributed by atoms with van der Waals surface area (Å²) in [5.41, 5.74) is 1.42. The van der Waals surface area contributed by atoms with Crippen LogP contribution in [-0.2, 0) is 0 Å². The van der Waals surface area contributed by atoms with Gasteiger partial charge in [0.1, 0.15) is 11.8 Å². The molecule has 0 heterocycles. The van der Waals surface area contributed by atoms with Gasteiger partial charge in [-0.05, 0) is 41.5 Å². The van der Waals surface area contributed by atoms with Crippen LogP contribution in [0, 0.1) is 11.3 Å². The zero-order chi connectivity index (χ0) is 13.1. The number of hydrogen-bond donors (Lipinski definition) is 1. The number of methoxy groups -OCH3 is 1. The zero-order valence-corrected chi connectivity index (χ0v) is 10.3. The maximum absolute atomic E-state index is 9.43. The molecule has 0 saturated carbocycles. The van der Waals surface area contributed by atoms with Gasteiger partial charge in [-0.2, -0.15) is 5.26 Å². The van der Waals surface area contributed by atoms with Crippen LogP contribution < -0.4 is 4.74 Å². The second-order valence-electron chi connectivity index (χ2n) is 4.01. The van der Waals surface area contributed by atoms with Gasteiger partial charge in [0.05, 0.1) is 7.11 Å². The van der Waals surface area contributed by atoms with E-state index in [1.165, 1.54) is 0 Å². The number of hydrogen-bond acceptors (Lipinski definition) is 3. The molecule has 0 spiro atoms. The number of nitriles is 1. The van der Waals surface area contributed by atoms with Crippen molar-refractivity contribution in [1.29, 1.82) is 5.26 Å². The lowest BCUT2D eigenvalue weighted by atomic mass is 10.0. The van der Waals surface area contributed by atoms with Crippen molar-refractivity contribution in [3.63, 3.8) is 0 Å². The second-order valence-corrected chi connectivity index (χ2v) is 4.01. The first-order valence-electron chi connectivity index (χ1n) is 5.54. The summed E-state index contributed by atoms with van der Waals surface area (Å²) in [4.78, 5) is 0. The molecule has 18 heavy (non-hydrogen) atoms. The van der Waals surface area contributed by atoms with E-state index in [1.54, 1.807) is 20.1 Å². The summed E-state index contributed by atoms with van der Waals surface area (Å²) in [5.74, 6) is 0.560. The molecule has 2 aromatic carbocycles. The van der Waals surface area contributed by atoms with E-state index in [1.807, 2.05) is 36.4 Å². The average Bonchev–Trinajstić information content (AvgIpc) is 2.44. The topological polar surface area (TPSA) is 53.2 Å². The van der Waals surface area contributed by atoms with E-state index in [2.05, 4.69) is 0 Å². The van der Waals surface area contributed by atoms with E-state index in [-0.39, 0.29) is 5.76 Å². The van der Waals surface area contributed by atoms with Crippen molar-refractivity contribution < 1.29 is 9.84 Å². The summed E-state index contributed by atoms with van der Waals surface area (Å²) in [6, 6.07) is 13.3. The number of aliphatic hydroxyl groups excluding tert-OH is 1. The number of ether oxygens (including phenoxy) is 1. The van der Waals surface area contributed by atoms with E-state index in [0.29, 0.717) is 5.57 Å². The molecule has 3 heteroatoms. The van der Waals surface area contributed by atoms with Gasteiger partial charge < -0.3 is 9.84 Å². The first kappa shape index (κ1) is 12.0. The molecule has 90 valence electrons. The van der Waals surface area contributed by atoms with Crippen LogP contribution in [0.1, 0.15) is 12.5 Å². The highest BCUT2D eigenvalue weighted by atomic mass is 16.5. The third kappa shape index (κ3) is 2.14. The Labute approximate surface area is 106 Å². The van der Waals surface area contributed by atoms with Gasteiger partial charge in [0.15, 0.2) is 5.76 Å². The largest absolute Gasteiger partial charge is 0.499 e. The van der Waals surface area contributed by atoms with Crippen molar-refractivity contribution in [1.82, 2.24) is 0 Å². The number of nitrogens with zero attached hydrogens (tertiary/aromatic N) is 1. The molecule has 2 rings (SSSR count). The standard InChI is InChI=1S/C15H13NO2/c1-10(15(17)9-16)11-3-4-13-8-14(18-2)6-5-12(13)7-11/h3-8,17H,1-2H3. The van der Waals surface area contributed by atoms with Crippen LogP contribution in [0.15, 0.2) is 42.2 Å². The molecule has 0 aromatic heterocycles. The summed E-state index contributed by atoms with van der Waals surface area (Å²) in [6.45, 7) is 1.73. The van der Waals surface area contributed by atoms with Crippen molar-refractivity contribution in [3.8, 4) is 11.8 Å². The van der Waals surface area contributed by atoms with Crippen LogP contribution in [0.5, 0.6) is 5.75 Å². The fourth-order valence-corrected chi connectivity index (χ4v) is 1.80. The quantitative estimate of drug-likeness (QED) is 0.494. The number of allylic oxidation sites excluding steroid dienone is 2. The van der Waals surface area contributed by atoms with Gasteiger partial charge in [-0.15, -0.1) is 0 Å². The molecule has 0 aliphatic carbocycles. The van der Waals surface area contributed by atoms with E-state index in [9.17, 15) is 5.11 Å². The maximum Gasteiger partial charge on any atom is 0.198 e. The predicted molar refractivity (Wildman–Crippen MR) is 71.3 cm³/mol. The molecule has 2 aromatic rings. The molecule has 0 fully saturated rings. The highest BCUT2D eigenvalue weighted by molar-refractivity contribution is 5.87. The molecule has 0 aliphatic rings. The first-order chi connectivity index (χ1) is 8.65. The Morgan fingerprint density at radius 3 is 2.50 bits per heavy atom. The Hall–Kier alpha value is -2.47. The molecular formula is C15H13NO2. The predicted octanol–water partition coefficient (Wildman–Crippen LogP) is 3.66. The van der Waals surface area contributed by atoms with Crippen molar-refractivity contribution in [2.75, 3.05) is 7.11 Å². The average molecular weight is 239 g/mol. The Morgan fingerprint density at radius 2 is 1.83 bits per heavy atom. The highest BCUT2D eigenvalue weighted by Crippen LogP contribution is 2.25. The van der Waals surface area contributed by atoms with Crippen LogP contribution in [-0.4, -0.2) is 12.2 Å². The number of rotatable bonds is 2. The molecule has 0 bridgehead atoms. The van der Waals surface area contributed by atoms with Gasteiger partial charge >= 0.3 is 0 Å². The molecular weight excluding hydrogens is 226 g/mol. The minimum absolute atomic E-state index is 0.247. The molecule has 1 N–H and O–H groups in total. The van der Waals surface area contributed by atoms with Gasteiger partial charge in [0, 0.05) is 5.57 Å². The summed E-state index contributed by atoms with van der Waals surface area (Å²) in [7, 11) is 1.63. The van der Waals surface area contributed by atoms with Gasteiger partial charge in [-0.25, -0.2) is 0 Å². The van der Waals surface area contributed by atoms with E-state index in [4.69, 9.17) is 10.00 Å². The second kappa shape index (κ2) is 4.80. The van der Waals surface area contributed by atoms with Crippen molar-refractivity contribution in [3.05, 3.63) is 47.7 Å². The zero-order valence-electron chi connectivity index (χ0n) is 10.3. The van der Waals surface area contributed by atoms with Gasteiger partial charge in [0.2, 0.25) is 0 Å². The number of benzene rings is 2. The van der Waals surface area contributed by atoms with Gasteiger partial charge in [0.25, 0.3) is 0 Å². The Morgan fingerprint density at radius 1 is 1.17 bits per heavy atom. The minimum atomic E-state index is -0.247. The third-order valence-electron chi connectivity index (χ3n) is 2.94. The van der Waals surface area contributed by atoms with Gasteiger partial charge in [-0.3, -0.25) is 0 Å². The molecule has 0 saturated heterocycles. The van der Waals surface area contributed by atoms with Crippen LogP contribution in [0.25, 0.3) is 16.3 Å². The van der Waals surface area contributed by atoms with Crippen LogP contribution in [0.3, 0.4) is 0 Å². The fraction of sp³-hybridized carbons (Fsp3) is 0.133. The Balaban J connectivity index is 2.56. The van der Waals surface area contributed by atoms with E-state index < -0.39 is 0 Å². The lowest BCUT2D eigenvalue weighted by Crippen LogP contribution is -1.87. The van der Waals surface area contributed by atoms with E-state index in [0.717, 1.165) is 22.1 Å². The van der Waals surface area contributed by atoms with Crippen LogP contribution in [0.4, 0.5) is 0 Å². The fourth-order valence-electron chi connectivity index (χ4n) is 1.80. The third-order valence-corrected chi connectivity index (χ3v) is 2.94. The Kier molecular flexibility index (Phi) is 3.20. The van der Waals surface area contributed by atoms with Crippen LogP contribution >= 0.6 is 0 Å². The summed E-state index contributed by atoms with van der Waals surface area (Å²) < 4.78 is 5.16. The smallest absolute Gasteiger partial charge is 0.198 e. The molecule has 0 amide bonds. The minimum Gasteiger partial charge on any atom is -0.499 e. The Bertz CT molecular complexity index is 666. The van der Waals surface area contributed by atoms with Crippen molar-refractivity contribution in [2.24, 2.45) is 0 Å². The summed E-state index contributed by atoms with van der Waals surface area (Å²) in [5, 5.41) is 20.2. The molecule has 0 atom stereocenters. The van der Waals surface area contributed by atoms with Crippen molar-refractivity contribution in [2.45, 2.75) is 6.92 Å². The molecule has 0 aliphatic heterocycles. The first-order valence-corrected chi connectivity index (χ1v) is 5.54. The maximum atomic E-state index is 9.43. The molecule has 0 unspecified atom stereocenters. The molecule has 3 nitrogen and oxygen atoms in total. The summed E-state index contributed by atoms with van der Waals surface area (Å²) in [6.07, 6.45) is 0. The normalized spacial score (nSPS) is 11.8. The monoisotopic (exact) mass is 239 g/mol. The van der Waals surface area contributed by atoms with Crippen molar-refractivity contribution >= 4 is 16.3 Å². The number of aliphatic hydroxyl groups is 1. The number of fused-ring (bicyclic) bond motifs is 1. The SMILES string of the molecule is COc1ccc2cc(C(C)=C(O)C#N)ccc2c1. The highest BCUT2D eigenvalue weighted by Gasteiger charge is 2.04. The molecule has 0 radical (unpaired) electrons.